The Labute approximate surface area is 204 Å². The van der Waals surface area contributed by atoms with Crippen molar-refractivity contribution >= 4 is 17.9 Å². The molecule has 1 aliphatic heterocycles. The van der Waals surface area contributed by atoms with Gasteiger partial charge in [-0.05, 0) is 77.0 Å². The minimum Gasteiger partial charge on any atom is -0.466 e. The molecule has 0 radical (unpaired) electrons. The second-order valence-corrected chi connectivity index (χ2v) is 11.4. The average molecular weight is 481 g/mol. The van der Waals surface area contributed by atoms with Gasteiger partial charge in [-0.25, -0.2) is 0 Å². The van der Waals surface area contributed by atoms with Crippen LogP contribution in [0, 0.1) is 35.0 Å². The van der Waals surface area contributed by atoms with Crippen molar-refractivity contribution in [3.63, 3.8) is 0 Å². The maximum atomic E-state index is 13.1. The number of hydrogen-bond acceptors (Lipinski definition) is 7. The smallest absolute Gasteiger partial charge is 0.311 e. The number of carbonyl (C=O) groups excluding carboxylic acids is 3. The molecule has 0 bridgehead atoms. The van der Waals surface area contributed by atoms with Gasteiger partial charge in [-0.15, -0.1) is 0 Å². The second kappa shape index (κ2) is 11.4. The first-order chi connectivity index (χ1) is 16.1. The molecule has 0 amide bonds. The molecule has 3 aliphatic rings. The Morgan fingerprint density at radius 3 is 2.50 bits per heavy atom. The van der Waals surface area contributed by atoms with Crippen LogP contribution >= 0.6 is 0 Å². The van der Waals surface area contributed by atoms with Crippen LogP contribution in [-0.2, 0) is 28.6 Å². The molecule has 194 valence electrons. The fourth-order valence-electron chi connectivity index (χ4n) is 6.28. The maximum Gasteiger partial charge on any atom is 0.311 e. The molecule has 0 spiro atoms. The first-order valence-corrected chi connectivity index (χ1v) is 13.3. The van der Waals surface area contributed by atoms with Crippen molar-refractivity contribution in [3.05, 3.63) is 0 Å². The number of aliphatic hydroxyl groups is 1. The zero-order valence-electron chi connectivity index (χ0n) is 21.6. The lowest BCUT2D eigenvalue weighted by Gasteiger charge is -2.50. The van der Waals surface area contributed by atoms with E-state index in [1.54, 1.807) is 0 Å². The Morgan fingerprint density at radius 2 is 1.85 bits per heavy atom. The molecule has 0 unspecified atom stereocenters. The molecule has 0 aromatic rings. The second-order valence-electron chi connectivity index (χ2n) is 11.4. The summed E-state index contributed by atoms with van der Waals surface area (Å²) in [6, 6.07) is 0. The number of hydrogen-bond donors (Lipinski definition) is 1. The molecule has 2 saturated carbocycles. The van der Waals surface area contributed by atoms with E-state index in [-0.39, 0.29) is 48.4 Å². The van der Waals surface area contributed by atoms with Crippen LogP contribution in [0.1, 0.15) is 92.4 Å². The van der Waals surface area contributed by atoms with Crippen LogP contribution in [0.5, 0.6) is 0 Å². The highest BCUT2D eigenvalue weighted by Gasteiger charge is 2.50. The maximum absolute atomic E-state index is 13.1. The van der Waals surface area contributed by atoms with Gasteiger partial charge in [-0.2, -0.15) is 0 Å². The fourth-order valence-corrected chi connectivity index (χ4v) is 6.28. The molecule has 7 nitrogen and oxygen atoms in total. The quantitative estimate of drug-likeness (QED) is 0.405. The zero-order chi connectivity index (χ0) is 25.0. The van der Waals surface area contributed by atoms with Gasteiger partial charge in [0.05, 0.1) is 30.5 Å². The van der Waals surface area contributed by atoms with Gasteiger partial charge in [0.1, 0.15) is 12.2 Å². The minimum atomic E-state index is -0.632. The van der Waals surface area contributed by atoms with Crippen molar-refractivity contribution in [1.82, 2.24) is 0 Å². The Hall–Kier alpha value is -1.63. The molecule has 3 fully saturated rings. The highest BCUT2D eigenvalue weighted by atomic mass is 16.6. The number of cyclic esters (lactones) is 1. The third kappa shape index (κ3) is 6.32. The van der Waals surface area contributed by atoms with Crippen LogP contribution in [-0.4, -0.2) is 47.9 Å². The normalized spacial score (nSPS) is 36.2. The number of rotatable bonds is 8. The van der Waals surface area contributed by atoms with Gasteiger partial charge in [0.15, 0.2) is 0 Å². The molecule has 1 N–H and O–H groups in total. The van der Waals surface area contributed by atoms with Gasteiger partial charge in [0, 0.05) is 12.3 Å². The first kappa shape index (κ1) is 27.0. The molecule has 2 aliphatic carbocycles. The molecular weight excluding hydrogens is 436 g/mol. The lowest BCUT2D eigenvalue weighted by atomic mass is 9.57. The number of esters is 3. The van der Waals surface area contributed by atoms with Crippen molar-refractivity contribution in [3.8, 4) is 0 Å². The fraction of sp³-hybridized carbons (Fsp3) is 0.889. The van der Waals surface area contributed by atoms with Crippen molar-refractivity contribution in [1.29, 1.82) is 0 Å². The van der Waals surface area contributed by atoms with Gasteiger partial charge in [-0.1, -0.05) is 20.3 Å². The van der Waals surface area contributed by atoms with E-state index in [9.17, 15) is 19.5 Å². The summed E-state index contributed by atoms with van der Waals surface area (Å²) in [5.74, 6) is 0.266. The summed E-state index contributed by atoms with van der Waals surface area (Å²) in [6.07, 6.45) is 4.92. The van der Waals surface area contributed by atoms with Crippen LogP contribution in [0.15, 0.2) is 0 Å². The number of fused-ring (bicyclic) bond motifs is 1. The summed E-state index contributed by atoms with van der Waals surface area (Å²) in [4.78, 5) is 37.5. The predicted octanol–water partition coefficient (Wildman–Crippen LogP) is 4.43. The lowest BCUT2D eigenvalue weighted by Crippen LogP contribution is -2.50. The first-order valence-electron chi connectivity index (χ1n) is 13.3. The van der Waals surface area contributed by atoms with E-state index in [2.05, 4.69) is 6.92 Å². The van der Waals surface area contributed by atoms with Gasteiger partial charge in [0.25, 0.3) is 0 Å². The minimum absolute atomic E-state index is 0.0710. The monoisotopic (exact) mass is 480 g/mol. The van der Waals surface area contributed by atoms with E-state index in [0.29, 0.717) is 50.0 Å². The summed E-state index contributed by atoms with van der Waals surface area (Å²) < 4.78 is 17.1. The molecule has 34 heavy (non-hydrogen) atoms. The van der Waals surface area contributed by atoms with E-state index >= 15 is 0 Å². The molecular formula is C27H44O7. The van der Waals surface area contributed by atoms with Crippen molar-refractivity contribution in [2.45, 2.75) is 111 Å². The molecule has 0 aromatic carbocycles. The molecule has 3 rings (SSSR count). The van der Waals surface area contributed by atoms with Gasteiger partial charge in [-0.3, -0.25) is 14.4 Å². The molecule has 7 heteroatoms. The molecule has 1 heterocycles. The summed E-state index contributed by atoms with van der Waals surface area (Å²) in [7, 11) is 0. The third-order valence-electron chi connectivity index (χ3n) is 8.67. The topological polar surface area (TPSA) is 99.1 Å². The molecule has 8 atom stereocenters. The predicted molar refractivity (Wildman–Crippen MR) is 127 cm³/mol. The third-order valence-corrected chi connectivity index (χ3v) is 8.67. The molecule has 1 saturated heterocycles. The van der Waals surface area contributed by atoms with Crippen LogP contribution in [0.4, 0.5) is 0 Å². The van der Waals surface area contributed by atoms with Crippen LogP contribution < -0.4 is 0 Å². The van der Waals surface area contributed by atoms with Crippen LogP contribution in [0.3, 0.4) is 0 Å². The summed E-state index contributed by atoms with van der Waals surface area (Å²) >= 11 is 0. The molecule has 0 aromatic heterocycles. The standard InChI is InChI=1S/C27H44O7/c1-6-27(4,5)26(31)34-22-13-18(25(30)32-7-2)12-17-9-8-16(3)21(24(17)22)11-10-20-14-19(28)15-23(29)33-20/h16-22,24,28H,6-15H2,1-5H3/t16-,17-,18-,19+,20+,21-,22-,24-/m0/s1. The van der Waals surface area contributed by atoms with Crippen LogP contribution in [0.25, 0.3) is 0 Å². The lowest BCUT2D eigenvalue weighted by molar-refractivity contribution is -0.179. The largest absolute Gasteiger partial charge is 0.466 e. The van der Waals surface area contributed by atoms with E-state index < -0.39 is 11.5 Å². The van der Waals surface area contributed by atoms with Crippen LogP contribution in [0.2, 0.25) is 0 Å². The zero-order valence-corrected chi connectivity index (χ0v) is 21.6. The SMILES string of the molecule is CCOC(=O)[C@H]1C[C@@H]2CC[C@H](C)[C@H](CC[C@@H]3C[C@@H](O)CC(=O)O3)[C@H]2[C@@H](OC(=O)C(C)(C)CC)C1. The van der Waals surface area contributed by atoms with Gasteiger partial charge < -0.3 is 19.3 Å². The number of carbonyl (C=O) groups is 3. The Balaban J connectivity index is 1.79. The highest BCUT2D eigenvalue weighted by molar-refractivity contribution is 5.76. The Morgan fingerprint density at radius 1 is 1.12 bits per heavy atom. The van der Waals surface area contributed by atoms with E-state index in [1.807, 2.05) is 27.7 Å². The summed E-state index contributed by atoms with van der Waals surface area (Å²) in [5, 5.41) is 9.99. The summed E-state index contributed by atoms with van der Waals surface area (Å²) in [6.45, 7) is 10.2. The van der Waals surface area contributed by atoms with E-state index in [1.165, 1.54) is 0 Å². The van der Waals surface area contributed by atoms with Crippen molar-refractivity contribution in [2.24, 2.45) is 35.0 Å². The highest BCUT2D eigenvalue weighted by Crippen LogP contribution is 2.51. The average Bonchev–Trinajstić information content (AvgIpc) is 2.77. The van der Waals surface area contributed by atoms with Gasteiger partial charge >= 0.3 is 17.9 Å². The van der Waals surface area contributed by atoms with Crippen molar-refractivity contribution < 1.29 is 33.7 Å². The number of aliphatic hydroxyl groups excluding tert-OH is 1. The Bertz CT molecular complexity index is 732. The number of ether oxygens (including phenoxy) is 3. The van der Waals surface area contributed by atoms with Crippen molar-refractivity contribution in [2.75, 3.05) is 6.61 Å². The van der Waals surface area contributed by atoms with E-state index in [0.717, 1.165) is 25.7 Å². The summed E-state index contributed by atoms with van der Waals surface area (Å²) in [5.41, 5.74) is -0.575. The Kier molecular flexibility index (Phi) is 9.04. The van der Waals surface area contributed by atoms with E-state index in [4.69, 9.17) is 14.2 Å². The van der Waals surface area contributed by atoms with Gasteiger partial charge in [0.2, 0.25) is 0 Å².